The Balaban J connectivity index is 0.000000201. The Kier molecular flexibility index (Phi) is 12.6. The normalized spacial score (nSPS) is 16.7. The van der Waals surface area contributed by atoms with Gasteiger partial charge in [-0.05, 0) is 56.7 Å². The number of anilines is 1. The Morgan fingerprint density at radius 1 is 1.09 bits per heavy atom. The predicted octanol–water partition coefficient (Wildman–Crippen LogP) is 5.72. The lowest BCUT2D eigenvalue weighted by Gasteiger charge is -2.34. The van der Waals surface area contributed by atoms with Crippen LogP contribution in [0.2, 0.25) is 0 Å². The van der Waals surface area contributed by atoms with E-state index >= 15 is 0 Å². The smallest absolute Gasteiger partial charge is 0.406 e. The molecule has 43 heavy (non-hydrogen) atoms. The summed E-state index contributed by atoms with van der Waals surface area (Å²) in [6.45, 7) is 17.1. The topological polar surface area (TPSA) is 94.6 Å². The highest BCUT2D eigenvalue weighted by Crippen LogP contribution is 2.27. The van der Waals surface area contributed by atoms with Gasteiger partial charge in [-0.1, -0.05) is 39.8 Å². The number of aryl methyl sites for hydroxylation is 2. The fourth-order valence-corrected chi connectivity index (χ4v) is 4.79. The molecule has 1 atom stereocenters. The maximum Gasteiger partial charge on any atom is 0.573 e. The minimum absolute atomic E-state index is 0.171. The summed E-state index contributed by atoms with van der Waals surface area (Å²) in [5, 5.41) is 11.5. The van der Waals surface area contributed by atoms with E-state index in [9.17, 15) is 13.2 Å². The molecule has 2 fully saturated rings. The number of nitrogens with one attached hydrogen (secondary N) is 1. The third kappa shape index (κ3) is 9.52. The summed E-state index contributed by atoms with van der Waals surface area (Å²) in [7, 11) is 2.01. The van der Waals surface area contributed by atoms with E-state index in [1.807, 2.05) is 32.2 Å². The number of piperazine rings is 1. The molecular formula is C30H45F3N8O2. The zero-order chi connectivity index (χ0) is 31.6. The van der Waals surface area contributed by atoms with Gasteiger partial charge in [0, 0.05) is 45.9 Å². The fourth-order valence-electron chi connectivity index (χ4n) is 4.79. The quantitative estimate of drug-likeness (QED) is 0.315. The molecule has 2 aliphatic rings. The van der Waals surface area contributed by atoms with Gasteiger partial charge in [-0.3, -0.25) is 0 Å². The van der Waals surface area contributed by atoms with Crippen LogP contribution in [0.25, 0.3) is 16.9 Å². The first-order valence-corrected chi connectivity index (χ1v) is 15.0. The molecule has 0 amide bonds. The van der Waals surface area contributed by atoms with Crippen LogP contribution >= 0.6 is 0 Å². The number of hydrogen-bond donors (Lipinski definition) is 1. The fraction of sp³-hybridized carbons (Fsp3) is 0.600. The molecule has 5 heterocycles. The Labute approximate surface area is 251 Å². The van der Waals surface area contributed by atoms with E-state index in [1.54, 1.807) is 18.5 Å². The lowest BCUT2D eigenvalue weighted by atomic mass is 10.0. The van der Waals surface area contributed by atoms with Crippen molar-refractivity contribution in [2.45, 2.75) is 73.2 Å². The van der Waals surface area contributed by atoms with Crippen molar-refractivity contribution in [1.29, 1.82) is 0 Å². The summed E-state index contributed by atoms with van der Waals surface area (Å²) in [6.07, 6.45) is 0.489. The molecule has 0 radical (unpaired) electrons. The Bertz CT molecular complexity index is 1390. The lowest BCUT2D eigenvalue weighted by Crippen LogP contribution is -2.50. The zero-order valence-electron chi connectivity index (χ0n) is 26.3. The highest BCUT2D eigenvalue weighted by molar-refractivity contribution is 5.86. The van der Waals surface area contributed by atoms with E-state index in [2.05, 4.69) is 50.5 Å². The molecule has 0 spiro atoms. The minimum Gasteiger partial charge on any atom is -0.406 e. The Morgan fingerprint density at radius 2 is 1.77 bits per heavy atom. The second-order valence-corrected chi connectivity index (χ2v) is 10.7. The number of hydrogen-bond acceptors (Lipinski definition) is 8. The molecule has 238 valence electrons. The number of benzene rings is 1. The monoisotopic (exact) mass is 606 g/mol. The van der Waals surface area contributed by atoms with Crippen LogP contribution in [-0.4, -0.2) is 74.4 Å². The number of aromatic nitrogens is 6. The first kappa shape index (κ1) is 34.0. The SMILES string of the molecule is C1CCOC1.CC.CC(C)Cc1ccc(OC(F)(F)F)cc1.Cc1nc2c(N3CCNCC3C)nc3nncn3c2n1C. The van der Waals surface area contributed by atoms with Gasteiger partial charge in [-0.15, -0.1) is 23.4 Å². The van der Waals surface area contributed by atoms with Crippen molar-refractivity contribution >= 4 is 22.8 Å². The lowest BCUT2D eigenvalue weighted by molar-refractivity contribution is -0.274. The van der Waals surface area contributed by atoms with Crippen LogP contribution in [0, 0.1) is 12.8 Å². The minimum atomic E-state index is -4.61. The van der Waals surface area contributed by atoms with Gasteiger partial charge in [0.15, 0.2) is 11.5 Å². The van der Waals surface area contributed by atoms with Crippen molar-refractivity contribution in [3.05, 3.63) is 42.0 Å². The molecule has 3 aromatic heterocycles. The van der Waals surface area contributed by atoms with E-state index in [0.29, 0.717) is 17.7 Å². The van der Waals surface area contributed by atoms with Crippen molar-refractivity contribution in [2.75, 3.05) is 37.7 Å². The van der Waals surface area contributed by atoms with Gasteiger partial charge in [0.1, 0.15) is 23.4 Å². The second kappa shape index (κ2) is 15.9. The van der Waals surface area contributed by atoms with Crippen LogP contribution in [0.3, 0.4) is 0 Å². The van der Waals surface area contributed by atoms with Crippen molar-refractivity contribution in [2.24, 2.45) is 13.0 Å². The molecule has 1 aromatic carbocycles. The standard InChI is InChI=1S/C13H18N8.C11H13F3O.C4H8O.C2H6/c1-8-6-14-4-5-20(8)11-10-12(19(3)9(2)16-10)21-7-15-18-13(21)17-11;1-8(2)7-9-3-5-10(6-4-9)15-11(12,13)14;1-2-4-5-3-1;1-2/h7-8,14H,4-6H2,1-3H3;3-6,8H,7H2,1-2H3;1-4H2;1-2H3. The number of ether oxygens (including phenoxy) is 2. The van der Waals surface area contributed by atoms with E-state index in [-0.39, 0.29) is 5.75 Å². The molecule has 0 bridgehead atoms. The summed E-state index contributed by atoms with van der Waals surface area (Å²) in [5.74, 6) is 2.79. The first-order valence-electron chi connectivity index (χ1n) is 15.0. The van der Waals surface area contributed by atoms with E-state index < -0.39 is 6.36 Å². The molecule has 1 N–H and O–H groups in total. The van der Waals surface area contributed by atoms with Crippen LogP contribution in [0.15, 0.2) is 30.6 Å². The van der Waals surface area contributed by atoms with Gasteiger partial charge < -0.3 is 24.3 Å². The molecule has 6 rings (SSSR count). The van der Waals surface area contributed by atoms with Crippen LogP contribution in [0.1, 0.15) is 58.8 Å². The molecular weight excluding hydrogens is 561 g/mol. The molecule has 0 saturated carbocycles. The third-order valence-corrected chi connectivity index (χ3v) is 6.87. The molecule has 2 aliphatic heterocycles. The van der Waals surface area contributed by atoms with Gasteiger partial charge in [0.05, 0.1) is 0 Å². The largest absolute Gasteiger partial charge is 0.573 e. The Hall–Kier alpha value is -3.45. The summed E-state index contributed by atoms with van der Waals surface area (Å²) in [6, 6.07) is 6.36. The summed E-state index contributed by atoms with van der Waals surface area (Å²) >= 11 is 0. The van der Waals surface area contributed by atoms with Crippen molar-refractivity contribution < 1.29 is 22.6 Å². The number of alkyl halides is 3. The number of imidazole rings is 1. The zero-order valence-corrected chi connectivity index (χ0v) is 26.3. The summed E-state index contributed by atoms with van der Waals surface area (Å²) in [4.78, 5) is 11.7. The molecule has 13 heteroatoms. The highest BCUT2D eigenvalue weighted by Gasteiger charge is 2.31. The van der Waals surface area contributed by atoms with E-state index in [0.717, 1.165) is 67.6 Å². The average molecular weight is 607 g/mol. The molecule has 4 aromatic rings. The van der Waals surface area contributed by atoms with Crippen molar-refractivity contribution in [1.82, 2.24) is 34.4 Å². The van der Waals surface area contributed by atoms with Gasteiger partial charge in [0.2, 0.25) is 0 Å². The number of rotatable bonds is 4. The highest BCUT2D eigenvalue weighted by atomic mass is 19.4. The van der Waals surface area contributed by atoms with Crippen molar-refractivity contribution in [3.63, 3.8) is 0 Å². The predicted molar refractivity (Wildman–Crippen MR) is 163 cm³/mol. The number of fused-ring (bicyclic) bond motifs is 3. The Morgan fingerprint density at radius 3 is 2.33 bits per heavy atom. The van der Waals surface area contributed by atoms with Crippen LogP contribution < -0.4 is 15.0 Å². The van der Waals surface area contributed by atoms with Crippen LogP contribution in [-0.2, 0) is 18.2 Å². The van der Waals surface area contributed by atoms with Gasteiger partial charge in [0.25, 0.3) is 5.78 Å². The summed E-state index contributed by atoms with van der Waals surface area (Å²) in [5.41, 5.74) is 2.92. The number of nitrogens with zero attached hydrogens (tertiary/aromatic N) is 7. The third-order valence-electron chi connectivity index (χ3n) is 6.87. The van der Waals surface area contributed by atoms with Gasteiger partial charge >= 0.3 is 6.36 Å². The molecule has 2 saturated heterocycles. The van der Waals surface area contributed by atoms with E-state index in [4.69, 9.17) is 14.7 Å². The van der Waals surface area contributed by atoms with Gasteiger partial charge in [-0.25, -0.2) is 9.38 Å². The summed E-state index contributed by atoms with van der Waals surface area (Å²) < 4.78 is 48.1. The first-order chi connectivity index (χ1) is 20.5. The average Bonchev–Trinajstić information content (AvgIpc) is 3.74. The maximum atomic E-state index is 11.8. The molecule has 0 aliphatic carbocycles. The van der Waals surface area contributed by atoms with Crippen molar-refractivity contribution in [3.8, 4) is 5.75 Å². The van der Waals surface area contributed by atoms with E-state index in [1.165, 1.54) is 25.0 Å². The van der Waals surface area contributed by atoms with Crippen LogP contribution in [0.4, 0.5) is 19.0 Å². The number of halogens is 3. The van der Waals surface area contributed by atoms with Crippen LogP contribution in [0.5, 0.6) is 5.75 Å². The second-order valence-electron chi connectivity index (χ2n) is 10.7. The molecule has 10 nitrogen and oxygen atoms in total. The van der Waals surface area contributed by atoms with Gasteiger partial charge in [-0.2, -0.15) is 4.98 Å². The molecule has 1 unspecified atom stereocenters. The maximum absolute atomic E-state index is 11.8.